The van der Waals surface area contributed by atoms with Gasteiger partial charge in [0.25, 0.3) is 5.91 Å². The predicted molar refractivity (Wildman–Crippen MR) is 90.3 cm³/mol. The molecule has 0 saturated carbocycles. The van der Waals surface area contributed by atoms with Gasteiger partial charge in [0.2, 0.25) is 0 Å². The lowest BCUT2D eigenvalue weighted by Gasteiger charge is -2.18. The van der Waals surface area contributed by atoms with Gasteiger partial charge < -0.3 is 9.64 Å². The molecule has 0 aliphatic carbocycles. The molecule has 2 rings (SSSR count). The lowest BCUT2D eigenvalue weighted by atomic mass is 10.2. The Morgan fingerprint density at radius 2 is 1.67 bits per heavy atom. The molecule has 5 heteroatoms. The Kier molecular flexibility index (Phi) is 5.82. The summed E-state index contributed by atoms with van der Waals surface area (Å²) in [4.78, 5) is 13.8. The molecule has 0 heterocycles. The van der Waals surface area contributed by atoms with Gasteiger partial charge in [-0.3, -0.25) is 4.79 Å². The first-order valence-corrected chi connectivity index (χ1v) is 8.01. The van der Waals surface area contributed by atoms with Gasteiger partial charge in [0.15, 0.2) is 6.61 Å². The van der Waals surface area contributed by atoms with Crippen molar-refractivity contribution in [2.24, 2.45) is 0 Å². The minimum absolute atomic E-state index is 0.0174. The first-order chi connectivity index (χ1) is 10.1. The second-order valence-corrected chi connectivity index (χ2v) is 6.27. The van der Waals surface area contributed by atoms with Gasteiger partial charge in [-0.1, -0.05) is 46.3 Å². The highest BCUT2D eigenvalue weighted by atomic mass is 79.9. The SMILES string of the molecule is CN(Cc1ccccc1Br)C(=O)COc1ccccc1Br. The van der Waals surface area contributed by atoms with Crippen molar-refractivity contribution in [3.8, 4) is 5.75 Å². The van der Waals surface area contributed by atoms with E-state index in [1.807, 2.05) is 48.5 Å². The summed E-state index contributed by atoms with van der Waals surface area (Å²) in [5, 5.41) is 0. The van der Waals surface area contributed by atoms with Gasteiger partial charge in [0, 0.05) is 18.1 Å². The van der Waals surface area contributed by atoms with E-state index < -0.39 is 0 Å². The smallest absolute Gasteiger partial charge is 0.260 e. The summed E-state index contributed by atoms with van der Waals surface area (Å²) < 4.78 is 7.37. The number of halogens is 2. The summed E-state index contributed by atoms with van der Waals surface area (Å²) in [6.45, 7) is 0.559. The van der Waals surface area contributed by atoms with Gasteiger partial charge in [0.1, 0.15) is 5.75 Å². The van der Waals surface area contributed by atoms with Crippen LogP contribution in [0.2, 0.25) is 0 Å². The third kappa shape index (κ3) is 4.58. The molecule has 2 aromatic rings. The van der Waals surface area contributed by atoms with Gasteiger partial charge in [0.05, 0.1) is 4.47 Å². The number of benzene rings is 2. The highest BCUT2D eigenvalue weighted by molar-refractivity contribution is 9.10. The maximum Gasteiger partial charge on any atom is 0.260 e. The molecule has 1 amide bonds. The molecule has 0 aromatic heterocycles. The summed E-state index contributed by atoms with van der Waals surface area (Å²) in [5.41, 5.74) is 1.06. The quantitative estimate of drug-likeness (QED) is 0.734. The molecular weight excluding hydrogens is 398 g/mol. The summed E-state index contributed by atoms with van der Waals surface area (Å²) in [5.74, 6) is 0.599. The second kappa shape index (κ2) is 7.61. The minimum atomic E-state index is -0.0680. The van der Waals surface area contributed by atoms with Crippen LogP contribution >= 0.6 is 31.9 Å². The number of carbonyl (C=O) groups excluding carboxylic acids is 1. The largest absolute Gasteiger partial charge is 0.483 e. The van der Waals surface area contributed by atoms with Gasteiger partial charge >= 0.3 is 0 Å². The maximum atomic E-state index is 12.1. The van der Waals surface area contributed by atoms with E-state index in [0.29, 0.717) is 12.3 Å². The molecule has 0 saturated heterocycles. The Hall–Kier alpha value is -1.33. The number of hydrogen-bond acceptors (Lipinski definition) is 2. The summed E-state index contributed by atoms with van der Waals surface area (Å²) in [6.07, 6.45) is 0. The standard InChI is InChI=1S/C16H15Br2NO2/c1-19(10-12-6-2-3-7-13(12)17)16(20)11-21-15-9-5-4-8-14(15)18/h2-9H,10-11H2,1H3. The lowest BCUT2D eigenvalue weighted by molar-refractivity contribution is -0.132. The second-order valence-electron chi connectivity index (χ2n) is 4.56. The highest BCUT2D eigenvalue weighted by Crippen LogP contribution is 2.23. The zero-order valence-electron chi connectivity index (χ0n) is 11.6. The highest BCUT2D eigenvalue weighted by Gasteiger charge is 2.12. The van der Waals surface area contributed by atoms with Crippen LogP contribution in [0.15, 0.2) is 57.5 Å². The van der Waals surface area contributed by atoms with Gasteiger partial charge in [-0.2, -0.15) is 0 Å². The van der Waals surface area contributed by atoms with Crippen molar-refractivity contribution in [1.82, 2.24) is 4.90 Å². The lowest BCUT2D eigenvalue weighted by Crippen LogP contribution is -2.31. The molecule has 0 fully saturated rings. The number of amides is 1. The topological polar surface area (TPSA) is 29.5 Å². The Labute approximate surface area is 141 Å². The molecule has 0 aliphatic heterocycles. The molecule has 0 spiro atoms. The van der Waals surface area contributed by atoms with Crippen molar-refractivity contribution in [2.45, 2.75) is 6.54 Å². The van der Waals surface area contributed by atoms with Gasteiger partial charge in [-0.05, 0) is 39.7 Å². The molecule has 0 atom stereocenters. The normalized spacial score (nSPS) is 10.2. The van der Waals surface area contributed by atoms with Crippen molar-refractivity contribution in [1.29, 1.82) is 0 Å². The fourth-order valence-electron chi connectivity index (χ4n) is 1.78. The van der Waals surface area contributed by atoms with E-state index in [1.54, 1.807) is 11.9 Å². The van der Waals surface area contributed by atoms with E-state index in [0.717, 1.165) is 14.5 Å². The van der Waals surface area contributed by atoms with Crippen LogP contribution in [0.1, 0.15) is 5.56 Å². The summed E-state index contributed by atoms with van der Waals surface area (Å²) in [7, 11) is 1.77. The molecule has 110 valence electrons. The number of carbonyl (C=O) groups is 1. The van der Waals surface area contributed by atoms with Crippen LogP contribution in [-0.2, 0) is 11.3 Å². The predicted octanol–water partition coefficient (Wildman–Crippen LogP) is 4.25. The molecule has 0 unspecified atom stereocenters. The molecule has 2 aromatic carbocycles. The summed E-state index contributed by atoms with van der Waals surface area (Å²) in [6, 6.07) is 15.3. The zero-order chi connectivity index (χ0) is 15.2. The number of nitrogens with zero attached hydrogens (tertiary/aromatic N) is 1. The van der Waals surface area contributed by atoms with Crippen molar-refractivity contribution in [2.75, 3.05) is 13.7 Å². The van der Waals surface area contributed by atoms with Crippen LogP contribution < -0.4 is 4.74 Å². The van der Waals surface area contributed by atoms with Crippen LogP contribution in [0.4, 0.5) is 0 Å². The fraction of sp³-hybridized carbons (Fsp3) is 0.188. The van der Waals surface area contributed by atoms with Crippen molar-refractivity contribution >= 4 is 37.8 Å². The fourth-order valence-corrected chi connectivity index (χ4v) is 2.59. The minimum Gasteiger partial charge on any atom is -0.483 e. The number of para-hydroxylation sites is 1. The van der Waals surface area contributed by atoms with Crippen molar-refractivity contribution < 1.29 is 9.53 Å². The zero-order valence-corrected chi connectivity index (χ0v) is 14.7. The van der Waals surface area contributed by atoms with E-state index in [4.69, 9.17) is 4.74 Å². The van der Waals surface area contributed by atoms with E-state index in [-0.39, 0.29) is 12.5 Å². The van der Waals surface area contributed by atoms with Crippen LogP contribution in [0.5, 0.6) is 5.75 Å². The van der Waals surface area contributed by atoms with Crippen LogP contribution in [0.25, 0.3) is 0 Å². The monoisotopic (exact) mass is 411 g/mol. The first kappa shape index (κ1) is 16.0. The van der Waals surface area contributed by atoms with Crippen molar-refractivity contribution in [3.05, 3.63) is 63.0 Å². The molecule has 0 bridgehead atoms. The molecular formula is C16H15Br2NO2. The third-order valence-corrected chi connectivity index (χ3v) is 4.41. The van der Waals surface area contributed by atoms with E-state index in [2.05, 4.69) is 31.9 Å². The van der Waals surface area contributed by atoms with Gasteiger partial charge in [-0.25, -0.2) is 0 Å². The molecule has 0 radical (unpaired) electrons. The third-order valence-electron chi connectivity index (χ3n) is 2.98. The summed E-state index contributed by atoms with van der Waals surface area (Å²) >= 11 is 6.87. The average Bonchev–Trinajstić information content (AvgIpc) is 2.48. The first-order valence-electron chi connectivity index (χ1n) is 6.42. The molecule has 21 heavy (non-hydrogen) atoms. The Morgan fingerprint density at radius 1 is 1.05 bits per heavy atom. The Morgan fingerprint density at radius 3 is 2.33 bits per heavy atom. The number of rotatable bonds is 5. The van der Waals surface area contributed by atoms with Crippen LogP contribution in [-0.4, -0.2) is 24.5 Å². The van der Waals surface area contributed by atoms with Crippen molar-refractivity contribution in [3.63, 3.8) is 0 Å². The maximum absolute atomic E-state index is 12.1. The van der Waals surface area contributed by atoms with Gasteiger partial charge in [-0.15, -0.1) is 0 Å². The van der Waals surface area contributed by atoms with E-state index in [1.165, 1.54) is 0 Å². The van der Waals surface area contributed by atoms with Crippen LogP contribution in [0, 0.1) is 0 Å². The Balaban J connectivity index is 1.91. The van der Waals surface area contributed by atoms with Crippen LogP contribution in [0.3, 0.4) is 0 Å². The number of hydrogen-bond donors (Lipinski definition) is 0. The molecule has 0 aliphatic rings. The average molecular weight is 413 g/mol. The Bertz CT molecular complexity index is 631. The van der Waals surface area contributed by atoms with E-state index >= 15 is 0 Å². The number of ether oxygens (including phenoxy) is 1. The number of likely N-dealkylation sites (N-methyl/N-ethyl adjacent to an activating group) is 1. The van der Waals surface area contributed by atoms with E-state index in [9.17, 15) is 4.79 Å². The molecule has 3 nitrogen and oxygen atoms in total. The molecule has 0 N–H and O–H groups in total.